The van der Waals surface area contributed by atoms with Crippen LogP contribution in [0.4, 0.5) is 0 Å². The van der Waals surface area contributed by atoms with Crippen molar-refractivity contribution in [2.75, 3.05) is 6.61 Å². The Morgan fingerprint density at radius 2 is 1.80 bits per heavy atom. The Bertz CT molecular complexity index is 307. The van der Waals surface area contributed by atoms with Gasteiger partial charge in [0.05, 0.1) is 12.0 Å². The third-order valence-corrected chi connectivity index (χ3v) is 2.28. The molecule has 1 rings (SSSR count). The number of hydrogen-bond acceptors (Lipinski definition) is 2. The van der Waals surface area contributed by atoms with Gasteiger partial charge in [0.1, 0.15) is 0 Å². The lowest BCUT2D eigenvalue weighted by atomic mass is 9.85. The summed E-state index contributed by atoms with van der Waals surface area (Å²) in [5.41, 5.74) is 0.426. The van der Waals surface area contributed by atoms with Crippen molar-refractivity contribution >= 4 is 23.0 Å². The molecule has 0 aliphatic heterocycles. The van der Waals surface area contributed by atoms with Gasteiger partial charge in [0.2, 0.25) is 0 Å². The van der Waals surface area contributed by atoms with Crippen molar-refractivity contribution in [3.63, 3.8) is 0 Å². The van der Waals surface area contributed by atoms with Crippen LogP contribution in [0.25, 0.3) is 0 Å². The normalized spacial score (nSPS) is 10.3. The largest absolute Gasteiger partial charge is 0.465 e. The highest BCUT2D eigenvalue weighted by molar-refractivity contribution is 8.93. The van der Waals surface area contributed by atoms with Crippen LogP contribution in [-0.4, -0.2) is 12.6 Å². The van der Waals surface area contributed by atoms with E-state index >= 15 is 0 Å². The van der Waals surface area contributed by atoms with Gasteiger partial charge in [0, 0.05) is 0 Å². The van der Waals surface area contributed by atoms with Crippen LogP contribution >= 0.6 is 17.0 Å². The maximum atomic E-state index is 11.6. The minimum atomic E-state index is -0.558. The summed E-state index contributed by atoms with van der Waals surface area (Å²) in [6.45, 7) is 5.99. The molecule has 84 valence electrons. The Morgan fingerprint density at radius 3 is 2.27 bits per heavy atom. The van der Waals surface area contributed by atoms with Gasteiger partial charge >= 0.3 is 5.97 Å². The molecule has 3 heteroatoms. The first-order chi connectivity index (χ1) is 6.59. The lowest BCUT2D eigenvalue weighted by Gasteiger charge is -2.22. The van der Waals surface area contributed by atoms with Gasteiger partial charge < -0.3 is 4.74 Å². The summed E-state index contributed by atoms with van der Waals surface area (Å²) in [7, 11) is 0. The van der Waals surface area contributed by atoms with Crippen molar-refractivity contribution in [3.8, 4) is 0 Å². The highest BCUT2D eigenvalue weighted by Gasteiger charge is 2.30. The van der Waals surface area contributed by atoms with E-state index in [9.17, 15) is 4.79 Å². The van der Waals surface area contributed by atoms with E-state index in [2.05, 4.69) is 0 Å². The highest BCUT2D eigenvalue weighted by Crippen LogP contribution is 2.24. The van der Waals surface area contributed by atoms with Crippen molar-refractivity contribution in [3.05, 3.63) is 35.9 Å². The second kappa shape index (κ2) is 5.91. The monoisotopic (exact) mass is 272 g/mol. The van der Waals surface area contributed by atoms with Crippen LogP contribution in [0, 0.1) is 0 Å². The molecule has 0 fully saturated rings. The van der Waals surface area contributed by atoms with E-state index in [1.54, 1.807) is 0 Å². The lowest BCUT2D eigenvalue weighted by molar-refractivity contribution is -0.148. The number of halogens is 1. The number of rotatable bonds is 3. The van der Waals surface area contributed by atoms with Gasteiger partial charge in [-0.1, -0.05) is 30.3 Å². The molecule has 0 radical (unpaired) electrons. The van der Waals surface area contributed by atoms with Gasteiger partial charge in [0.25, 0.3) is 0 Å². The van der Waals surface area contributed by atoms with Crippen LogP contribution in [0.5, 0.6) is 0 Å². The molecular formula is C12H17BrO2. The molecule has 0 aliphatic rings. The van der Waals surface area contributed by atoms with Gasteiger partial charge in [0.15, 0.2) is 0 Å². The predicted molar refractivity (Wildman–Crippen MR) is 66.4 cm³/mol. The van der Waals surface area contributed by atoms with Crippen molar-refractivity contribution in [1.82, 2.24) is 0 Å². The minimum Gasteiger partial charge on any atom is -0.465 e. The fraction of sp³-hybridized carbons (Fsp3) is 0.417. The third kappa shape index (κ3) is 3.34. The van der Waals surface area contributed by atoms with Crippen molar-refractivity contribution in [2.45, 2.75) is 26.2 Å². The molecule has 0 atom stereocenters. The zero-order valence-electron chi connectivity index (χ0n) is 9.32. The Kier molecular flexibility index (Phi) is 5.58. The maximum absolute atomic E-state index is 11.6. The fourth-order valence-electron chi connectivity index (χ4n) is 1.28. The van der Waals surface area contributed by atoms with Gasteiger partial charge in [-0.25, -0.2) is 0 Å². The molecule has 0 spiro atoms. The molecular weight excluding hydrogens is 256 g/mol. The highest BCUT2D eigenvalue weighted by atomic mass is 79.9. The van der Waals surface area contributed by atoms with Crippen molar-refractivity contribution in [1.29, 1.82) is 0 Å². The molecule has 0 aliphatic carbocycles. The maximum Gasteiger partial charge on any atom is 0.315 e. The third-order valence-electron chi connectivity index (χ3n) is 2.28. The molecule has 0 bridgehead atoms. The molecule has 0 saturated carbocycles. The Labute approximate surface area is 101 Å². The minimum absolute atomic E-state index is 0. The Hall–Kier alpha value is -0.830. The quantitative estimate of drug-likeness (QED) is 0.791. The van der Waals surface area contributed by atoms with Gasteiger partial charge in [-0.3, -0.25) is 4.79 Å². The first kappa shape index (κ1) is 14.2. The van der Waals surface area contributed by atoms with E-state index in [4.69, 9.17) is 4.74 Å². The second-order valence-electron chi connectivity index (χ2n) is 3.71. The molecule has 0 saturated heterocycles. The molecule has 15 heavy (non-hydrogen) atoms. The SMILES string of the molecule is Br.CCOC(=O)C(C)(C)c1ccccc1. The number of benzene rings is 1. The Morgan fingerprint density at radius 1 is 1.27 bits per heavy atom. The second-order valence-corrected chi connectivity index (χ2v) is 3.71. The predicted octanol–water partition coefficient (Wildman–Crippen LogP) is 3.11. The Balaban J connectivity index is 0.00000196. The molecule has 0 heterocycles. The van der Waals surface area contributed by atoms with E-state index in [-0.39, 0.29) is 23.0 Å². The zero-order chi connectivity index (χ0) is 10.6. The number of esters is 1. The van der Waals surface area contributed by atoms with E-state index < -0.39 is 5.41 Å². The van der Waals surface area contributed by atoms with E-state index in [1.165, 1.54) is 0 Å². The lowest BCUT2D eigenvalue weighted by Crippen LogP contribution is -2.30. The molecule has 0 unspecified atom stereocenters. The number of ether oxygens (including phenoxy) is 1. The summed E-state index contributed by atoms with van der Waals surface area (Å²) >= 11 is 0. The summed E-state index contributed by atoms with van der Waals surface area (Å²) in [5.74, 6) is -0.175. The molecule has 1 aromatic rings. The number of carbonyl (C=O) groups is 1. The van der Waals surface area contributed by atoms with Crippen LogP contribution < -0.4 is 0 Å². The molecule has 2 nitrogen and oxygen atoms in total. The van der Waals surface area contributed by atoms with Gasteiger partial charge in [-0.2, -0.15) is 0 Å². The molecule has 0 amide bonds. The average molecular weight is 273 g/mol. The molecule has 0 aromatic heterocycles. The average Bonchev–Trinajstić information content (AvgIpc) is 2.19. The first-order valence-corrected chi connectivity index (χ1v) is 4.81. The van der Waals surface area contributed by atoms with Crippen molar-refractivity contribution in [2.24, 2.45) is 0 Å². The van der Waals surface area contributed by atoms with E-state index in [0.717, 1.165) is 5.56 Å². The summed E-state index contributed by atoms with van der Waals surface area (Å²) in [4.78, 5) is 11.6. The van der Waals surface area contributed by atoms with Crippen LogP contribution in [0.2, 0.25) is 0 Å². The van der Waals surface area contributed by atoms with Crippen molar-refractivity contribution < 1.29 is 9.53 Å². The van der Waals surface area contributed by atoms with Crippen LogP contribution in [-0.2, 0) is 14.9 Å². The van der Waals surface area contributed by atoms with Gasteiger partial charge in [-0.05, 0) is 26.3 Å². The van der Waals surface area contributed by atoms with Crippen LogP contribution in [0.15, 0.2) is 30.3 Å². The summed E-state index contributed by atoms with van der Waals surface area (Å²) in [6.07, 6.45) is 0. The zero-order valence-corrected chi connectivity index (χ0v) is 11.0. The summed E-state index contributed by atoms with van der Waals surface area (Å²) < 4.78 is 5.02. The fourth-order valence-corrected chi connectivity index (χ4v) is 1.28. The van der Waals surface area contributed by atoms with Crippen LogP contribution in [0.1, 0.15) is 26.3 Å². The first-order valence-electron chi connectivity index (χ1n) is 4.81. The summed E-state index contributed by atoms with van der Waals surface area (Å²) in [5, 5.41) is 0. The van der Waals surface area contributed by atoms with Crippen LogP contribution in [0.3, 0.4) is 0 Å². The number of hydrogen-bond donors (Lipinski definition) is 0. The van der Waals surface area contributed by atoms with E-state index in [0.29, 0.717) is 6.61 Å². The number of carbonyl (C=O) groups excluding carboxylic acids is 1. The molecule has 0 N–H and O–H groups in total. The topological polar surface area (TPSA) is 26.3 Å². The smallest absolute Gasteiger partial charge is 0.315 e. The van der Waals surface area contributed by atoms with E-state index in [1.807, 2.05) is 51.1 Å². The van der Waals surface area contributed by atoms with Gasteiger partial charge in [-0.15, -0.1) is 17.0 Å². The summed E-state index contributed by atoms with van der Waals surface area (Å²) in [6, 6.07) is 9.67. The standard InChI is InChI=1S/C12H16O2.BrH/c1-4-14-11(13)12(2,3)10-8-6-5-7-9-10;/h5-9H,4H2,1-3H3;1H. The molecule has 1 aromatic carbocycles.